The third-order valence-electron chi connectivity index (χ3n) is 1.89. The number of carboxylic acid groups (broad SMARTS) is 1. The molecule has 1 heterocycles. The highest BCUT2D eigenvalue weighted by molar-refractivity contribution is 5.79. The fourth-order valence-corrected chi connectivity index (χ4v) is 1.22. The average Bonchev–Trinajstić information content (AvgIpc) is 2.53. The van der Waals surface area contributed by atoms with E-state index in [1.807, 2.05) is 26.0 Å². The van der Waals surface area contributed by atoms with E-state index in [1.54, 1.807) is 12.3 Å². The van der Waals surface area contributed by atoms with E-state index in [4.69, 9.17) is 9.52 Å². The predicted octanol–water partition coefficient (Wildman–Crippen LogP) is 2.49. The van der Waals surface area contributed by atoms with Crippen molar-refractivity contribution in [1.29, 1.82) is 0 Å². The fourth-order valence-electron chi connectivity index (χ4n) is 1.22. The molecule has 1 aromatic heterocycles. The van der Waals surface area contributed by atoms with E-state index < -0.39 is 5.97 Å². The molecule has 0 aromatic carbocycles. The summed E-state index contributed by atoms with van der Waals surface area (Å²) in [5.74, 6) is -0.0532. The van der Waals surface area contributed by atoms with E-state index in [2.05, 4.69) is 0 Å². The zero-order valence-corrected chi connectivity index (χ0v) is 8.36. The van der Waals surface area contributed by atoms with Gasteiger partial charge in [-0.1, -0.05) is 19.9 Å². The Morgan fingerprint density at radius 2 is 2.36 bits per heavy atom. The van der Waals surface area contributed by atoms with Gasteiger partial charge in [0, 0.05) is 12.5 Å². The van der Waals surface area contributed by atoms with Crippen molar-refractivity contribution in [2.24, 2.45) is 5.41 Å². The van der Waals surface area contributed by atoms with Gasteiger partial charge >= 0.3 is 5.97 Å². The lowest BCUT2D eigenvalue weighted by Gasteiger charge is -2.17. The Bertz CT molecular complexity index is 320. The smallest absolute Gasteiger partial charge is 0.327 e. The van der Waals surface area contributed by atoms with Crippen LogP contribution in [0.1, 0.15) is 19.6 Å². The molecule has 76 valence electrons. The summed E-state index contributed by atoms with van der Waals surface area (Å²) in [7, 11) is 0. The SMILES string of the molecule is CC(C)(/C=C/C(=O)O)Cc1ccco1. The van der Waals surface area contributed by atoms with Crippen LogP contribution in [0.25, 0.3) is 0 Å². The Labute approximate surface area is 83.0 Å². The van der Waals surface area contributed by atoms with E-state index in [9.17, 15) is 4.79 Å². The Balaban J connectivity index is 2.62. The molecule has 0 aliphatic rings. The summed E-state index contributed by atoms with van der Waals surface area (Å²) in [6.45, 7) is 3.93. The first-order chi connectivity index (χ1) is 6.49. The minimum Gasteiger partial charge on any atom is -0.478 e. The van der Waals surface area contributed by atoms with Crippen molar-refractivity contribution >= 4 is 5.97 Å². The van der Waals surface area contributed by atoms with Crippen molar-refractivity contribution in [3.05, 3.63) is 36.3 Å². The lowest BCUT2D eigenvalue weighted by atomic mass is 9.88. The standard InChI is InChI=1S/C11H14O3/c1-11(2,6-5-10(12)13)8-9-4-3-7-14-9/h3-7H,8H2,1-2H3,(H,12,13)/b6-5+. The molecule has 0 bridgehead atoms. The van der Waals surface area contributed by atoms with Gasteiger partial charge < -0.3 is 9.52 Å². The Morgan fingerprint density at radius 3 is 2.86 bits per heavy atom. The van der Waals surface area contributed by atoms with Crippen LogP contribution in [0.2, 0.25) is 0 Å². The van der Waals surface area contributed by atoms with Gasteiger partial charge in [-0.15, -0.1) is 0 Å². The van der Waals surface area contributed by atoms with Crippen molar-refractivity contribution in [1.82, 2.24) is 0 Å². The van der Waals surface area contributed by atoms with Crippen LogP contribution >= 0.6 is 0 Å². The lowest BCUT2D eigenvalue weighted by Crippen LogP contribution is -2.11. The summed E-state index contributed by atoms with van der Waals surface area (Å²) >= 11 is 0. The molecule has 0 unspecified atom stereocenters. The lowest BCUT2D eigenvalue weighted by molar-refractivity contribution is -0.131. The zero-order valence-electron chi connectivity index (χ0n) is 8.36. The first kappa shape index (κ1) is 10.6. The van der Waals surface area contributed by atoms with Crippen molar-refractivity contribution in [3.63, 3.8) is 0 Å². The molecule has 0 fully saturated rings. The first-order valence-corrected chi connectivity index (χ1v) is 4.44. The first-order valence-electron chi connectivity index (χ1n) is 4.44. The summed E-state index contributed by atoms with van der Waals surface area (Å²) < 4.78 is 5.19. The van der Waals surface area contributed by atoms with Crippen LogP contribution in [-0.2, 0) is 11.2 Å². The molecule has 1 rings (SSSR count). The molecule has 0 spiro atoms. The summed E-state index contributed by atoms with van der Waals surface area (Å²) in [6.07, 6.45) is 5.16. The largest absolute Gasteiger partial charge is 0.478 e. The van der Waals surface area contributed by atoms with E-state index in [0.717, 1.165) is 5.76 Å². The number of carbonyl (C=O) groups is 1. The average molecular weight is 194 g/mol. The highest BCUT2D eigenvalue weighted by Crippen LogP contribution is 2.23. The fraction of sp³-hybridized carbons (Fsp3) is 0.364. The van der Waals surface area contributed by atoms with Gasteiger partial charge in [-0.2, -0.15) is 0 Å². The molecule has 0 aliphatic carbocycles. The minimum atomic E-state index is -0.919. The Morgan fingerprint density at radius 1 is 1.64 bits per heavy atom. The molecule has 0 radical (unpaired) electrons. The quantitative estimate of drug-likeness (QED) is 0.749. The molecule has 14 heavy (non-hydrogen) atoms. The highest BCUT2D eigenvalue weighted by Gasteiger charge is 2.16. The maximum absolute atomic E-state index is 10.3. The Hall–Kier alpha value is -1.51. The molecule has 1 N–H and O–H groups in total. The molecule has 0 saturated heterocycles. The third-order valence-corrected chi connectivity index (χ3v) is 1.89. The second-order valence-corrected chi connectivity index (χ2v) is 3.92. The summed E-state index contributed by atoms with van der Waals surface area (Å²) in [5, 5.41) is 8.49. The monoisotopic (exact) mass is 194 g/mol. The van der Waals surface area contributed by atoms with Gasteiger partial charge in [0.05, 0.1) is 6.26 Å². The summed E-state index contributed by atoms with van der Waals surface area (Å²) in [5.41, 5.74) is -0.198. The molecular weight excluding hydrogens is 180 g/mol. The number of rotatable bonds is 4. The molecule has 0 amide bonds. The minimum absolute atomic E-state index is 0.198. The number of allylic oxidation sites excluding steroid dienone is 1. The maximum Gasteiger partial charge on any atom is 0.327 e. The van der Waals surface area contributed by atoms with Crippen molar-refractivity contribution < 1.29 is 14.3 Å². The van der Waals surface area contributed by atoms with E-state index in [0.29, 0.717) is 6.42 Å². The van der Waals surface area contributed by atoms with E-state index in [-0.39, 0.29) is 5.41 Å². The molecule has 0 aliphatic heterocycles. The molecule has 1 aromatic rings. The van der Waals surface area contributed by atoms with Gasteiger partial charge in [-0.05, 0) is 17.5 Å². The van der Waals surface area contributed by atoms with Crippen LogP contribution in [0, 0.1) is 5.41 Å². The van der Waals surface area contributed by atoms with Gasteiger partial charge in [0.2, 0.25) is 0 Å². The second-order valence-electron chi connectivity index (χ2n) is 3.92. The number of furan rings is 1. The second kappa shape index (κ2) is 4.13. The third kappa shape index (κ3) is 3.47. The topological polar surface area (TPSA) is 50.4 Å². The van der Waals surface area contributed by atoms with Crippen molar-refractivity contribution in [3.8, 4) is 0 Å². The molecule has 0 atom stereocenters. The number of aliphatic carboxylic acids is 1. The van der Waals surface area contributed by atoms with Crippen molar-refractivity contribution in [2.75, 3.05) is 0 Å². The highest BCUT2D eigenvalue weighted by atomic mass is 16.4. The van der Waals surface area contributed by atoms with Crippen LogP contribution in [0.15, 0.2) is 35.0 Å². The van der Waals surface area contributed by atoms with E-state index in [1.165, 1.54) is 6.08 Å². The van der Waals surface area contributed by atoms with Crippen LogP contribution in [0.4, 0.5) is 0 Å². The van der Waals surface area contributed by atoms with Gasteiger partial charge in [0.15, 0.2) is 0 Å². The molecule has 3 heteroatoms. The number of hydrogen-bond donors (Lipinski definition) is 1. The van der Waals surface area contributed by atoms with Gasteiger partial charge in [0.25, 0.3) is 0 Å². The predicted molar refractivity (Wildman–Crippen MR) is 53.0 cm³/mol. The van der Waals surface area contributed by atoms with Crippen molar-refractivity contribution in [2.45, 2.75) is 20.3 Å². The normalized spacial score (nSPS) is 12.1. The summed E-state index contributed by atoms with van der Waals surface area (Å²) in [6, 6.07) is 3.71. The zero-order chi connectivity index (χ0) is 10.6. The molecule has 0 saturated carbocycles. The number of carboxylic acids is 1. The van der Waals surface area contributed by atoms with Crippen LogP contribution in [-0.4, -0.2) is 11.1 Å². The van der Waals surface area contributed by atoms with Gasteiger partial charge in [-0.3, -0.25) is 0 Å². The van der Waals surface area contributed by atoms with E-state index >= 15 is 0 Å². The van der Waals surface area contributed by atoms with Crippen LogP contribution < -0.4 is 0 Å². The van der Waals surface area contributed by atoms with Crippen LogP contribution in [0.5, 0.6) is 0 Å². The maximum atomic E-state index is 10.3. The van der Waals surface area contributed by atoms with Crippen LogP contribution in [0.3, 0.4) is 0 Å². The number of hydrogen-bond acceptors (Lipinski definition) is 2. The molecule has 3 nitrogen and oxygen atoms in total. The van der Waals surface area contributed by atoms with Gasteiger partial charge in [0.1, 0.15) is 5.76 Å². The molecular formula is C11H14O3. The Kier molecular flexibility index (Phi) is 3.12. The summed E-state index contributed by atoms with van der Waals surface area (Å²) in [4.78, 5) is 10.3. The van der Waals surface area contributed by atoms with Gasteiger partial charge in [-0.25, -0.2) is 4.79 Å².